The molecule has 2 aromatic heterocycles. The summed E-state index contributed by atoms with van der Waals surface area (Å²) in [7, 11) is 1.61. The third kappa shape index (κ3) is 5.19. The first-order valence-corrected chi connectivity index (χ1v) is 15.2. The minimum Gasteiger partial charge on any atom is -0.494 e. The number of nitrogens with one attached hydrogen (secondary N) is 2. The smallest absolute Gasteiger partial charge is 0.229 e. The number of thiocarbonyl (C=S) groups is 1. The van der Waals surface area contributed by atoms with E-state index in [2.05, 4.69) is 82.5 Å². The van der Waals surface area contributed by atoms with Crippen LogP contribution in [0.2, 0.25) is 0 Å². The van der Waals surface area contributed by atoms with Crippen LogP contribution in [-0.4, -0.2) is 27.7 Å². The number of hydrogen-bond donors (Lipinski definition) is 2. The molecule has 2 atom stereocenters. The molecule has 3 aromatic carbocycles. The van der Waals surface area contributed by atoms with E-state index in [1.807, 2.05) is 63.4 Å². The molecule has 0 saturated carbocycles. The molecule has 5 aromatic rings. The molecular weight excluding hydrogens is 566 g/mol. The summed E-state index contributed by atoms with van der Waals surface area (Å²) in [5, 5.41) is 9.57. The van der Waals surface area contributed by atoms with Crippen LogP contribution in [0, 0.1) is 19.3 Å². The lowest BCUT2D eigenvalue weighted by Crippen LogP contribution is -2.30. The van der Waals surface area contributed by atoms with Crippen molar-refractivity contribution in [3.05, 3.63) is 114 Å². The molecule has 0 radical (unpaired) electrons. The van der Waals surface area contributed by atoms with Crippen molar-refractivity contribution in [3.63, 3.8) is 0 Å². The number of rotatable bonds is 6. The normalized spacial score (nSPS) is 16.7. The van der Waals surface area contributed by atoms with Crippen molar-refractivity contribution >= 4 is 45.4 Å². The van der Waals surface area contributed by atoms with Gasteiger partial charge in [0.25, 0.3) is 0 Å². The van der Waals surface area contributed by atoms with Crippen molar-refractivity contribution < 1.29 is 9.53 Å². The highest BCUT2D eigenvalue weighted by atomic mass is 32.1. The highest BCUT2D eigenvalue weighted by molar-refractivity contribution is 7.80. The van der Waals surface area contributed by atoms with Gasteiger partial charge in [-0.05, 0) is 73.4 Å². The molecule has 0 unspecified atom stereocenters. The molecule has 1 saturated heterocycles. The number of nitrogens with zero attached hydrogens (tertiary/aromatic N) is 3. The summed E-state index contributed by atoms with van der Waals surface area (Å²) in [6.45, 7) is 9.97. The zero-order valence-electron chi connectivity index (χ0n) is 25.9. The Morgan fingerprint density at radius 3 is 2.45 bits per heavy atom. The Morgan fingerprint density at radius 1 is 0.977 bits per heavy atom. The zero-order valence-corrected chi connectivity index (χ0v) is 26.7. The van der Waals surface area contributed by atoms with Crippen LogP contribution < -0.4 is 20.3 Å². The van der Waals surface area contributed by atoms with E-state index in [1.54, 1.807) is 7.11 Å². The number of carbonyl (C=O) groups excluding carboxylic acids is 1. The van der Waals surface area contributed by atoms with E-state index in [0.29, 0.717) is 16.5 Å². The molecule has 44 heavy (non-hydrogen) atoms. The first-order chi connectivity index (χ1) is 21.1. The molecule has 8 heteroatoms. The fraction of sp³-hybridized carbons (Fsp3) is 0.250. The molecule has 1 aliphatic heterocycles. The highest BCUT2D eigenvalue weighted by Crippen LogP contribution is 2.45. The average molecular weight is 604 g/mol. The molecule has 1 amide bonds. The van der Waals surface area contributed by atoms with Crippen LogP contribution in [0.4, 0.5) is 11.4 Å². The Morgan fingerprint density at radius 2 is 1.73 bits per heavy atom. The van der Waals surface area contributed by atoms with Crippen LogP contribution in [0.1, 0.15) is 55.5 Å². The summed E-state index contributed by atoms with van der Waals surface area (Å²) in [4.78, 5) is 19.7. The molecule has 224 valence electrons. The van der Waals surface area contributed by atoms with Gasteiger partial charge in [-0.2, -0.15) is 0 Å². The minimum atomic E-state index is -0.544. The first-order valence-electron chi connectivity index (χ1n) is 14.8. The van der Waals surface area contributed by atoms with Crippen molar-refractivity contribution in [1.29, 1.82) is 0 Å². The van der Waals surface area contributed by atoms with Crippen LogP contribution in [-0.2, 0) is 4.79 Å². The molecule has 6 rings (SSSR count). The number of carbonyl (C=O) groups is 1. The van der Waals surface area contributed by atoms with Crippen molar-refractivity contribution in [2.75, 3.05) is 17.3 Å². The number of benzene rings is 3. The summed E-state index contributed by atoms with van der Waals surface area (Å²) >= 11 is 6.02. The Balaban J connectivity index is 1.49. The highest BCUT2D eigenvalue weighted by Gasteiger charge is 2.42. The fourth-order valence-electron chi connectivity index (χ4n) is 6.05. The molecule has 1 aliphatic rings. The number of pyridine rings is 1. The van der Waals surface area contributed by atoms with Gasteiger partial charge in [-0.1, -0.05) is 63.2 Å². The summed E-state index contributed by atoms with van der Waals surface area (Å²) in [6, 6.07) is 28.5. The second kappa shape index (κ2) is 11.4. The number of hydrogen-bond acceptors (Lipinski definition) is 4. The SMILES string of the molecule is COc1cc(N2C(=S)N[C@@H](c3ccccn3)[C@H]2c2cc(C)n(-c3cccc4ccccc34)c2C)ccc1NC(=O)C(C)(C)C. The lowest BCUT2D eigenvalue weighted by Gasteiger charge is -2.29. The second-order valence-electron chi connectivity index (χ2n) is 12.2. The van der Waals surface area contributed by atoms with Gasteiger partial charge in [0.2, 0.25) is 5.91 Å². The van der Waals surface area contributed by atoms with Crippen LogP contribution >= 0.6 is 12.2 Å². The van der Waals surface area contributed by atoms with Crippen LogP contribution in [0.3, 0.4) is 0 Å². The van der Waals surface area contributed by atoms with Gasteiger partial charge in [0.1, 0.15) is 5.75 Å². The predicted molar refractivity (Wildman–Crippen MR) is 182 cm³/mol. The number of methoxy groups -OCH3 is 1. The molecule has 7 nitrogen and oxygen atoms in total. The third-order valence-corrected chi connectivity index (χ3v) is 8.60. The number of fused-ring (bicyclic) bond motifs is 1. The maximum atomic E-state index is 12.8. The quantitative estimate of drug-likeness (QED) is 0.193. The van der Waals surface area contributed by atoms with Gasteiger partial charge >= 0.3 is 0 Å². The lowest BCUT2D eigenvalue weighted by atomic mass is 9.95. The van der Waals surface area contributed by atoms with Gasteiger partial charge in [-0.3, -0.25) is 9.78 Å². The molecule has 0 spiro atoms. The van der Waals surface area contributed by atoms with E-state index in [-0.39, 0.29) is 18.0 Å². The van der Waals surface area contributed by atoms with Gasteiger partial charge in [0, 0.05) is 40.1 Å². The molecule has 0 aliphatic carbocycles. The monoisotopic (exact) mass is 603 g/mol. The molecule has 2 N–H and O–H groups in total. The number of aryl methyl sites for hydroxylation is 1. The van der Waals surface area contributed by atoms with E-state index >= 15 is 0 Å². The van der Waals surface area contributed by atoms with Gasteiger partial charge in [-0.15, -0.1) is 0 Å². The maximum absolute atomic E-state index is 12.8. The van der Waals surface area contributed by atoms with Crippen molar-refractivity contribution in [3.8, 4) is 11.4 Å². The Bertz CT molecular complexity index is 1870. The fourth-order valence-corrected chi connectivity index (χ4v) is 6.40. The van der Waals surface area contributed by atoms with Crippen LogP contribution in [0.25, 0.3) is 16.5 Å². The molecule has 1 fully saturated rings. The predicted octanol–water partition coefficient (Wildman–Crippen LogP) is 7.81. The molecule has 3 heterocycles. The van der Waals surface area contributed by atoms with E-state index in [0.717, 1.165) is 34.0 Å². The zero-order chi connectivity index (χ0) is 31.2. The van der Waals surface area contributed by atoms with E-state index < -0.39 is 5.41 Å². The largest absolute Gasteiger partial charge is 0.494 e. The Hall–Kier alpha value is -4.69. The van der Waals surface area contributed by atoms with Gasteiger partial charge in [0.05, 0.1) is 36.3 Å². The van der Waals surface area contributed by atoms with Crippen LogP contribution in [0.5, 0.6) is 5.75 Å². The first kappa shape index (κ1) is 29.4. The average Bonchev–Trinajstić information content (AvgIpc) is 3.51. The summed E-state index contributed by atoms with van der Waals surface area (Å²) in [5.41, 5.74) is 6.36. The summed E-state index contributed by atoms with van der Waals surface area (Å²) < 4.78 is 8.10. The van der Waals surface area contributed by atoms with Crippen molar-refractivity contribution in [2.24, 2.45) is 5.41 Å². The third-order valence-electron chi connectivity index (χ3n) is 8.29. The lowest BCUT2D eigenvalue weighted by molar-refractivity contribution is -0.123. The van der Waals surface area contributed by atoms with Gasteiger partial charge in [0.15, 0.2) is 5.11 Å². The molecular formula is C36H37N5O2S. The molecule has 0 bridgehead atoms. The number of amides is 1. The standard InChI is InChI=1S/C36H37N5O2S/c1-22-20-27(23(2)40(22)30-16-11-13-24-12-7-8-14-26(24)30)33-32(29-15-9-10-19-37-29)39-35(44)41(33)25-17-18-28(31(21-25)43-6)38-34(42)36(3,4)5/h7-21,32-33H,1-6H3,(H,38,42)(H,39,44)/t32-,33+/m0/s1. The number of ether oxygens (including phenoxy) is 1. The van der Waals surface area contributed by atoms with E-state index in [9.17, 15) is 4.79 Å². The Kier molecular flexibility index (Phi) is 7.63. The van der Waals surface area contributed by atoms with Gasteiger partial charge < -0.3 is 24.8 Å². The van der Waals surface area contributed by atoms with Gasteiger partial charge in [-0.25, -0.2) is 0 Å². The number of anilines is 2. The number of aromatic nitrogens is 2. The van der Waals surface area contributed by atoms with Crippen LogP contribution in [0.15, 0.2) is 91.1 Å². The van der Waals surface area contributed by atoms with Crippen molar-refractivity contribution in [2.45, 2.75) is 46.7 Å². The minimum absolute atomic E-state index is 0.0871. The second-order valence-corrected chi connectivity index (χ2v) is 12.6. The van der Waals surface area contributed by atoms with E-state index in [4.69, 9.17) is 21.9 Å². The summed E-state index contributed by atoms with van der Waals surface area (Å²) in [5.74, 6) is 0.472. The maximum Gasteiger partial charge on any atom is 0.229 e. The Labute approximate surface area is 263 Å². The van der Waals surface area contributed by atoms with E-state index in [1.165, 1.54) is 10.8 Å². The van der Waals surface area contributed by atoms with Crippen molar-refractivity contribution in [1.82, 2.24) is 14.9 Å². The summed E-state index contributed by atoms with van der Waals surface area (Å²) in [6.07, 6.45) is 1.81. The topological polar surface area (TPSA) is 71.4 Å².